The standard InChI is InChI=1S/C23H22O6/c1-16(24)28-22-11-5-18(6-12-22)3-9-20(26)15-21(27)10-4-19-7-13-23(14-8-19)29-17(2)25/h3,5-9,11-15,26H,4,10H2,1-2H3/b9-3+,20-15-. The van der Waals surface area contributed by atoms with Gasteiger partial charge in [-0.15, -0.1) is 0 Å². The van der Waals surface area contributed by atoms with E-state index < -0.39 is 5.97 Å². The number of hydrogen-bond donors (Lipinski definition) is 1. The van der Waals surface area contributed by atoms with Crippen molar-refractivity contribution in [2.75, 3.05) is 0 Å². The van der Waals surface area contributed by atoms with Crippen LogP contribution in [-0.4, -0.2) is 22.8 Å². The van der Waals surface area contributed by atoms with Gasteiger partial charge in [0, 0.05) is 26.3 Å². The van der Waals surface area contributed by atoms with Crippen LogP contribution in [-0.2, 0) is 20.8 Å². The number of carbonyl (C=O) groups is 3. The number of aliphatic hydroxyl groups is 1. The molecule has 29 heavy (non-hydrogen) atoms. The third-order valence-corrected chi connectivity index (χ3v) is 3.74. The molecule has 0 aromatic heterocycles. The van der Waals surface area contributed by atoms with E-state index in [2.05, 4.69) is 0 Å². The summed E-state index contributed by atoms with van der Waals surface area (Å²) < 4.78 is 9.90. The number of hydrogen-bond acceptors (Lipinski definition) is 6. The van der Waals surface area contributed by atoms with Crippen LogP contribution < -0.4 is 9.47 Å². The second kappa shape index (κ2) is 10.6. The summed E-state index contributed by atoms with van der Waals surface area (Å²) >= 11 is 0. The third-order valence-electron chi connectivity index (χ3n) is 3.74. The van der Waals surface area contributed by atoms with Crippen molar-refractivity contribution < 1.29 is 29.0 Å². The molecule has 1 N–H and O–H groups in total. The second-order valence-corrected chi connectivity index (χ2v) is 6.27. The molecule has 0 saturated heterocycles. The molecule has 0 aliphatic heterocycles. The SMILES string of the molecule is CC(=O)Oc1ccc(/C=C/C(O)=C/C(=O)CCc2ccc(OC(C)=O)cc2)cc1. The summed E-state index contributed by atoms with van der Waals surface area (Å²) in [4.78, 5) is 33.8. The minimum Gasteiger partial charge on any atom is -0.508 e. The average Bonchev–Trinajstić information content (AvgIpc) is 2.66. The van der Waals surface area contributed by atoms with Crippen LogP contribution in [0, 0.1) is 0 Å². The maximum atomic E-state index is 12.0. The molecule has 2 aromatic rings. The molecule has 0 heterocycles. The first-order valence-corrected chi connectivity index (χ1v) is 8.99. The van der Waals surface area contributed by atoms with Gasteiger partial charge in [0.1, 0.15) is 17.3 Å². The number of ketones is 1. The molecular weight excluding hydrogens is 372 g/mol. The molecule has 0 spiro atoms. The summed E-state index contributed by atoms with van der Waals surface area (Å²) in [7, 11) is 0. The molecule has 2 aromatic carbocycles. The fourth-order valence-corrected chi connectivity index (χ4v) is 2.44. The molecule has 0 unspecified atom stereocenters. The van der Waals surface area contributed by atoms with E-state index in [1.807, 2.05) is 0 Å². The van der Waals surface area contributed by atoms with E-state index in [-0.39, 0.29) is 23.9 Å². The van der Waals surface area contributed by atoms with E-state index in [9.17, 15) is 19.5 Å². The maximum absolute atomic E-state index is 12.0. The van der Waals surface area contributed by atoms with Crippen LogP contribution in [0.4, 0.5) is 0 Å². The number of aliphatic hydroxyl groups excluding tert-OH is 1. The number of esters is 2. The van der Waals surface area contributed by atoms with Crippen molar-refractivity contribution >= 4 is 23.8 Å². The number of ether oxygens (including phenoxy) is 2. The van der Waals surface area contributed by atoms with E-state index in [1.54, 1.807) is 54.6 Å². The van der Waals surface area contributed by atoms with Crippen molar-refractivity contribution in [2.45, 2.75) is 26.7 Å². The molecule has 0 fully saturated rings. The molecule has 0 atom stereocenters. The zero-order valence-electron chi connectivity index (χ0n) is 16.3. The van der Waals surface area contributed by atoms with Crippen LogP contribution >= 0.6 is 0 Å². The Hall–Kier alpha value is -3.67. The zero-order chi connectivity index (χ0) is 21.2. The molecule has 6 heteroatoms. The molecule has 0 saturated carbocycles. The average molecular weight is 394 g/mol. The van der Waals surface area contributed by atoms with E-state index in [0.29, 0.717) is 17.9 Å². The van der Waals surface area contributed by atoms with Crippen molar-refractivity contribution in [2.24, 2.45) is 0 Å². The fraction of sp³-hybridized carbons (Fsp3) is 0.174. The van der Waals surface area contributed by atoms with E-state index in [0.717, 1.165) is 11.1 Å². The normalized spacial score (nSPS) is 11.3. The highest BCUT2D eigenvalue weighted by molar-refractivity contribution is 5.90. The Kier molecular flexibility index (Phi) is 7.91. The van der Waals surface area contributed by atoms with E-state index in [4.69, 9.17) is 9.47 Å². The predicted octanol–water partition coefficient (Wildman–Crippen LogP) is 4.19. The van der Waals surface area contributed by atoms with Gasteiger partial charge in [-0.1, -0.05) is 30.3 Å². The minimum atomic E-state index is -0.396. The first-order chi connectivity index (χ1) is 13.8. The largest absolute Gasteiger partial charge is 0.508 e. The number of rotatable bonds is 8. The Labute approximate surface area is 169 Å². The Morgan fingerprint density at radius 3 is 1.90 bits per heavy atom. The van der Waals surface area contributed by atoms with Gasteiger partial charge < -0.3 is 14.6 Å². The first-order valence-electron chi connectivity index (χ1n) is 8.99. The molecule has 150 valence electrons. The smallest absolute Gasteiger partial charge is 0.308 e. The van der Waals surface area contributed by atoms with Gasteiger partial charge in [0.2, 0.25) is 0 Å². The van der Waals surface area contributed by atoms with E-state index in [1.165, 1.54) is 26.0 Å². The van der Waals surface area contributed by atoms with Crippen molar-refractivity contribution in [3.05, 3.63) is 77.6 Å². The van der Waals surface area contributed by atoms with Gasteiger partial charge in [0.05, 0.1) is 0 Å². The highest BCUT2D eigenvalue weighted by atomic mass is 16.5. The van der Waals surface area contributed by atoms with Gasteiger partial charge in [-0.25, -0.2) is 0 Å². The Balaban J connectivity index is 1.85. The van der Waals surface area contributed by atoms with Crippen LogP contribution in [0.1, 0.15) is 31.4 Å². The monoisotopic (exact) mass is 394 g/mol. The van der Waals surface area contributed by atoms with Crippen LogP contribution in [0.25, 0.3) is 6.08 Å². The molecule has 0 amide bonds. The molecule has 0 aliphatic rings. The summed E-state index contributed by atoms with van der Waals surface area (Å²) in [5.41, 5.74) is 1.70. The predicted molar refractivity (Wildman–Crippen MR) is 109 cm³/mol. The van der Waals surface area contributed by atoms with Crippen LogP contribution in [0.15, 0.2) is 66.4 Å². The second-order valence-electron chi connectivity index (χ2n) is 6.27. The van der Waals surface area contributed by atoms with Gasteiger partial charge >= 0.3 is 11.9 Å². The maximum Gasteiger partial charge on any atom is 0.308 e. The lowest BCUT2D eigenvalue weighted by Gasteiger charge is -2.03. The molecule has 6 nitrogen and oxygen atoms in total. The topological polar surface area (TPSA) is 89.9 Å². The quantitative estimate of drug-likeness (QED) is 0.237. The molecule has 0 aliphatic carbocycles. The van der Waals surface area contributed by atoms with Gasteiger partial charge in [0.15, 0.2) is 5.78 Å². The van der Waals surface area contributed by atoms with Crippen molar-refractivity contribution in [1.82, 2.24) is 0 Å². The summed E-state index contributed by atoms with van der Waals surface area (Å²) in [5.74, 6) is -0.248. The van der Waals surface area contributed by atoms with Crippen molar-refractivity contribution in [3.63, 3.8) is 0 Å². The zero-order valence-corrected chi connectivity index (χ0v) is 16.3. The van der Waals surface area contributed by atoms with Crippen molar-refractivity contribution in [3.8, 4) is 11.5 Å². The van der Waals surface area contributed by atoms with Gasteiger partial charge in [-0.3, -0.25) is 14.4 Å². The summed E-state index contributed by atoms with van der Waals surface area (Å²) in [6.45, 7) is 2.66. The van der Waals surface area contributed by atoms with Gasteiger partial charge in [-0.05, 0) is 47.9 Å². The lowest BCUT2D eigenvalue weighted by molar-refractivity contribution is -0.132. The number of aryl methyl sites for hydroxylation is 1. The Morgan fingerprint density at radius 2 is 1.38 bits per heavy atom. The number of carbonyl (C=O) groups excluding carboxylic acids is 3. The van der Waals surface area contributed by atoms with Crippen molar-refractivity contribution in [1.29, 1.82) is 0 Å². The third kappa shape index (κ3) is 8.26. The summed E-state index contributed by atoms with van der Waals surface area (Å²) in [6, 6.07) is 13.6. The molecule has 2 rings (SSSR count). The first kappa shape index (κ1) is 21.6. The van der Waals surface area contributed by atoms with Crippen LogP contribution in [0.5, 0.6) is 11.5 Å². The number of benzene rings is 2. The molecular formula is C23H22O6. The van der Waals surface area contributed by atoms with Gasteiger partial charge in [0.25, 0.3) is 0 Å². The van der Waals surface area contributed by atoms with E-state index >= 15 is 0 Å². The summed E-state index contributed by atoms with van der Waals surface area (Å²) in [6.07, 6.45) is 4.99. The summed E-state index contributed by atoms with van der Waals surface area (Å²) in [5, 5.41) is 9.91. The lowest BCUT2D eigenvalue weighted by atomic mass is 10.1. The molecule has 0 bridgehead atoms. The molecule has 0 radical (unpaired) electrons. The minimum absolute atomic E-state index is 0.149. The Morgan fingerprint density at radius 1 is 0.862 bits per heavy atom. The number of allylic oxidation sites excluding steroid dienone is 2. The van der Waals surface area contributed by atoms with Crippen LogP contribution in [0.2, 0.25) is 0 Å². The van der Waals surface area contributed by atoms with Gasteiger partial charge in [-0.2, -0.15) is 0 Å². The highest BCUT2D eigenvalue weighted by Gasteiger charge is 2.03. The Bertz CT molecular complexity index is 921. The highest BCUT2D eigenvalue weighted by Crippen LogP contribution is 2.15. The fourth-order valence-electron chi connectivity index (χ4n) is 2.44. The lowest BCUT2D eigenvalue weighted by Crippen LogP contribution is -2.01. The van der Waals surface area contributed by atoms with Crippen LogP contribution in [0.3, 0.4) is 0 Å².